The lowest BCUT2D eigenvalue weighted by molar-refractivity contribution is -0.141. The van der Waals surface area contributed by atoms with E-state index < -0.39 is 49.6 Å². The lowest BCUT2D eigenvalue weighted by atomic mass is 10.1. The van der Waals surface area contributed by atoms with Crippen molar-refractivity contribution in [3.8, 4) is 0 Å². The van der Waals surface area contributed by atoms with Gasteiger partial charge in [0, 0.05) is 12.8 Å². The van der Waals surface area contributed by atoms with Gasteiger partial charge in [-0.1, -0.05) is 19.6 Å². The molecule has 0 aromatic carbocycles. The predicted octanol–water partition coefficient (Wildman–Crippen LogP) is -0.155. The fourth-order valence-corrected chi connectivity index (χ4v) is 3.74. The van der Waals surface area contributed by atoms with Gasteiger partial charge >= 0.3 is 23.9 Å². The van der Waals surface area contributed by atoms with Gasteiger partial charge in [-0.15, -0.1) is 0 Å². The van der Waals surface area contributed by atoms with Crippen LogP contribution < -0.4 is 11.5 Å². The number of hydrogen-bond donors (Lipinski definition) is 6. The molecule has 1 unspecified atom stereocenters. The summed E-state index contributed by atoms with van der Waals surface area (Å²) in [6, 6.07) is -2.13. The molecule has 24 heavy (non-hydrogen) atoms. The molecule has 0 aromatic heterocycles. The number of carbonyl (C=O) groups is 4. The quantitative estimate of drug-likeness (QED) is 0.298. The van der Waals surface area contributed by atoms with Crippen LogP contribution in [0, 0.1) is 0 Å². The van der Waals surface area contributed by atoms with Crippen LogP contribution >= 0.6 is 0 Å². The van der Waals surface area contributed by atoms with E-state index in [0.717, 1.165) is 0 Å². The highest BCUT2D eigenvalue weighted by Gasteiger charge is 2.36. The number of nitrogens with two attached hydrogens (primary N) is 2. The Bertz CT molecular complexity index is 463. The van der Waals surface area contributed by atoms with E-state index in [0.29, 0.717) is 0 Å². The Morgan fingerprint density at radius 3 is 1.58 bits per heavy atom. The molecular formula is C13H26N2O8Si. The molecule has 0 fully saturated rings. The van der Waals surface area contributed by atoms with Crippen molar-refractivity contribution in [1.29, 1.82) is 0 Å². The molecule has 140 valence electrons. The van der Waals surface area contributed by atoms with Gasteiger partial charge in [0.05, 0.1) is 8.07 Å². The van der Waals surface area contributed by atoms with Crippen LogP contribution in [0.25, 0.3) is 0 Å². The van der Waals surface area contributed by atoms with Crippen LogP contribution in [0.2, 0.25) is 25.2 Å². The van der Waals surface area contributed by atoms with E-state index in [-0.39, 0.29) is 19.3 Å². The number of rotatable bonds is 9. The Morgan fingerprint density at radius 1 is 0.875 bits per heavy atom. The molecule has 0 aliphatic carbocycles. The van der Waals surface area contributed by atoms with Gasteiger partial charge in [0.2, 0.25) is 0 Å². The molecule has 0 aromatic rings. The van der Waals surface area contributed by atoms with Gasteiger partial charge in [-0.05, 0) is 12.0 Å². The molecule has 0 radical (unpaired) electrons. The van der Waals surface area contributed by atoms with Crippen LogP contribution in [-0.4, -0.2) is 64.5 Å². The largest absolute Gasteiger partial charge is 0.481 e. The first-order chi connectivity index (χ1) is 10.7. The van der Waals surface area contributed by atoms with E-state index in [1.807, 2.05) is 19.6 Å². The number of hydrogen-bond acceptors (Lipinski definition) is 6. The van der Waals surface area contributed by atoms with E-state index in [1.165, 1.54) is 0 Å². The van der Waals surface area contributed by atoms with Gasteiger partial charge in [-0.25, -0.2) is 0 Å². The van der Waals surface area contributed by atoms with Crippen molar-refractivity contribution >= 4 is 32.0 Å². The van der Waals surface area contributed by atoms with E-state index in [9.17, 15) is 19.2 Å². The summed E-state index contributed by atoms with van der Waals surface area (Å²) in [5, 5.41) is 33.7. The summed E-state index contributed by atoms with van der Waals surface area (Å²) in [6.07, 6.45) is -0.388. The minimum absolute atomic E-state index is 0.0231. The van der Waals surface area contributed by atoms with E-state index in [2.05, 4.69) is 0 Å². The Kier molecular flexibility index (Phi) is 10.8. The van der Waals surface area contributed by atoms with E-state index in [1.54, 1.807) is 0 Å². The molecule has 0 aliphatic rings. The van der Waals surface area contributed by atoms with Crippen LogP contribution in [-0.2, 0) is 19.2 Å². The maximum absolute atomic E-state index is 10.7. The second-order valence-electron chi connectivity index (χ2n) is 6.31. The average molecular weight is 366 g/mol. The number of carboxylic acid groups (broad SMARTS) is 4. The Morgan fingerprint density at radius 2 is 1.33 bits per heavy atom. The molecule has 3 atom stereocenters. The maximum atomic E-state index is 10.7. The second kappa shape index (κ2) is 10.7. The molecule has 11 heteroatoms. The lowest BCUT2D eigenvalue weighted by Crippen LogP contribution is -2.46. The molecule has 0 rings (SSSR count). The molecule has 0 bridgehead atoms. The Balaban J connectivity index is 0. The molecule has 0 aliphatic heterocycles. The van der Waals surface area contributed by atoms with Gasteiger partial charge in [-0.3, -0.25) is 19.2 Å². The molecule has 0 saturated heterocycles. The molecule has 10 nitrogen and oxygen atoms in total. The molecule has 0 amide bonds. The summed E-state index contributed by atoms with van der Waals surface area (Å²) in [5.41, 5.74) is 10.0. The van der Waals surface area contributed by atoms with Gasteiger partial charge in [-0.2, -0.15) is 0 Å². The highest BCUT2D eigenvalue weighted by Crippen LogP contribution is 2.28. The van der Waals surface area contributed by atoms with Gasteiger partial charge in [0.25, 0.3) is 0 Å². The zero-order valence-corrected chi connectivity index (χ0v) is 14.9. The van der Waals surface area contributed by atoms with Crippen molar-refractivity contribution in [2.24, 2.45) is 11.5 Å². The minimum Gasteiger partial charge on any atom is -0.481 e. The van der Waals surface area contributed by atoms with Crippen LogP contribution in [0.5, 0.6) is 0 Å². The van der Waals surface area contributed by atoms with Crippen molar-refractivity contribution in [3.05, 3.63) is 0 Å². The van der Waals surface area contributed by atoms with Crippen LogP contribution in [0.3, 0.4) is 0 Å². The SMILES string of the molecule is C[Si](C)(C)C(CC(=O)O)[C@H](N)C(=O)O.N[C@@H](CCC(=O)O)C(=O)O. The summed E-state index contributed by atoms with van der Waals surface area (Å²) in [5.74, 6) is -4.31. The smallest absolute Gasteiger partial charge is 0.320 e. The van der Waals surface area contributed by atoms with E-state index in [4.69, 9.17) is 31.9 Å². The fourth-order valence-electron chi connectivity index (χ4n) is 1.73. The zero-order valence-electron chi connectivity index (χ0n) is 13.9. The molecule has 0 spiro atoms. The van der Waals surface area contributed by atoms with Crippen molar-refractivity contribution < 1.29 is 39.6 Å². The molecule has 8 N–H and O–H groups in total. The summed E-state index contributed by atoms with van der Waals surface area (Å²) >= 11 is 0. The summed E-state index contributed by atoms with van der Waals surface area (Å²) in [7, 11) is -1.86. The second-order valence-corrected chi connectivity index (χ2v) is 11.8. The zero-order chi connectivity index (χ0) is 19.7. The third-order valence-electron chi connectivity index (χ3n) is 3.21. The van der Waals surface area contributed by atoms with Crippen LogP contribution in [0.1, 0.15) is 19.3 Å². The first-order valence-corrected chi connectivity index (χ1v) is 10.7. The summed E-state index contributed by atoms with van der Waals surface area (Å²) in [6.45, 7) is 5.76. The minimum atomic E-state index is -1.86. The first kappa shape index (κ1) is 24.3. The third-order valence-corrected chi connectivity index (χ3v) is 6.00. The van der Waals surface area contributed by atoms with Gasteiger partial charge in [0.1, 0.15) is 12.1 Å². The maximum Gasteiger partial charge on any atom is 0.320 e. The van der Waals surface area contributed by atoms with Gasteiger partial charge in [0.15, 0.2) is 0 Å². The van der Waals surface area contributed by atoms with Crippen molar-refractivity contribution in [1.82, 2.24) is 0 Å². The third kappa shape index (κ3) is 11.6. The molecular weight excluding hydrogens is 340 g/mol. The first-order valence-electron chi connectivity index (χ1n) is 7.10. The van der Waals surface area contributed by atoms with Crippen molar-refractivity contribution in [2.75, 3.05) is 0 Å². The summed E-state index contributed by atoms with van der Waals surface area (Å²) in [4.78, 5) is 41.1. The van der Waals surface area contributed by atoms with Crippen LogP contribution in [0.4, 0.5) is 0 Å². The summed E-state index contributed by atoms with van der Waals surface area (Å²) < 4.78 is 0. The van der Waals surface area contributed by atoms with Crippen molar-refractivity contribution in [3.63, 3.8) is 0 Å². The van der Waals surface area contributed by atoms with Crippen molar-refractivity contribution in [2.45, 2.75) is 56.5 Å². The van der Waals surface area contributed by atoms with E-state index >= 15 is 0 Å². The lowest BCUT2D eigenvalue weighted by Gasteiger charge is -2.30. The Labute approximate surface area is 140 Å². The topological polar surface area (TPSA) is 201 Å². The van der Waals surface area contributed by atoms with Gasteiger partial charge < -0.3 is 31.9 Å². The normalized spacial score (nSPS) is 14.5. The molecule has 0 saturated carbocycles. The standard InChI is InChI=1S/C8H17NO4Si.C5H9NO4/c1-14(2,3)5(4-6(10)11)7(9)8(12)13;6-3(5(9)10)1-2-4(7)8/h5,7H,4,9H2,1-3H3,(H,10,11)(H,12,13);3H,1-2,6H2,(H,7,8)(H,9,10)/t5?,7-;3-/m00/s1. The number of carboxylic acids is 4. The Hall–Kier alpha value is -1.98. The number of aliphatic carboxylic acids is 4. The van der Waals surface area contributed by atoms with Crippen LogP contribution in [0.15, 0.2) is 0 Å². The highest BCUT2D eigenvalue weighted by molar-refractivity contribution is 6.78. The fraction of sp³-hybridized carbons (Fsp3) is 0.692. The predicted molar refractivity (Wildman–Crippen MR) is 87.4 cm³/mol. The molecule has 0 heterocycles. The average Bonchev–Trinajstić information content (AvgIpc) is 2.40. The monoisotopic (exact) mass is 366 g/mol. The highest BCUT2D eigenvalue weighted by atomic mass is 28.3.